The Morgan fingerprint density at radius 1 is 1.30 bits per heavy atom. The molecule has 1 aromatic heterocycles. The van der Waals surface area contributed by atoms with Gasteiger partial charge in [0, 0.05) is 0 Å². The Morgan fingerprint density at radius 3 is 2.70 bits per heavy atom. The van der Waals surface area contributed by atoms with Gasteiger partial charge in [-0.2, -0.15) is 4.80 Å². The van der Waals surface area contributed by atoms with Gasteiger partial charge in [0.25, 0.3) is 11.7 Å². The summed E-state index contributed by atoms with van der Waals surface area (Å²) in [4.78, 5) is 26.4. The molecule has 7 nitrogen and oxygen atoms in total. The highest BCUT2D eigenvalue weighted by atomic mass is 19.1. The molecule has 1 aliphatic heterocycles. The van der Waals surface area contributed by atoms with Crippen LogP contribution in [-0.4, -0.2) is 31.9 Å². The summed E-state index contributed by atoms with van der Waals surface area (Å²) < 4.78 is 13.4. The Morgan fingerprint density at radius 2 is 2.05 bits per heavy atom. The summed E-state index contributed by atoms with van der Waals surface area (Å²) in [6.45, 7) is 1.67. The van der Waals surface area contributed by atoms with E-state index in [1.165, 1.54) is 15.8 Å². The number of tetrazole rings is 1. The van der Waals surface area contributed by atoms with Crippen molar-refractivity contribution in [2.24, 2.45) is 7.05 Å². The van der Waals surface area contributed by atoms with Crippen molar-refractivity contribution in [2.45, 2.75) is 13.5 Å². The summed E-state index contributed by atoms with van der Waals surface area (Å²) in [6.07, 6.45) is 0. The molecule has 1 aliphatic rings. The molecule has 2 aromatic rings. The number of Topliss-reactive ketones (excluding diaryl/α,β-unsaturated/α-hetero) is 1. The molecule has 1 aromatic carbocycles. The van der Waals surface area contributed by atoms with Crippen molar-refractivity contribution in [1.82, 2.24) is 20.2 Å². The highest BCUT2D eigenvalue weighted by Gasteiger charge is 2.38. The average molecular weight is 275 g/mol. The highest BCUT2D eigenvalue weighted by molar-refractivity contribution is 6.52. The van der Waals surface area contributed by atoms with Gasteiger partial charge < -0.3 is 0 Å². The number of aryl methyl sites for hydroxylation is 2. The predicted molar refractivity (Wildman–Crippen MR) is 65.5 cm³/mol. The zero-order valence-electron chi connectivity index (χ0n) is 10.8. The first-order chi connectivity index (χ1) is 9.47. The molecule has 0 unspecified atom stereocenters. The van der Waals surface area contributed by atoms with Crippen LogP contribution < -0.4 is 4.90 Å². The standard InChI is InChI=1S/C12H10FN5O2/c1-6-3-7(13)4-8-10(6)18(12(20)11(8)19)5-9-14-16-17(2)15-9/h3-4H,5H2,1-2H3. The molecule has 0 fully saturated rings. The van der Waals surface area contributed by atoms with Gasteiger partial charge in [-0.3, -0.25) is 14.5 Å². The van der Waals surface area contributed by atoms with Crippen LogP contribution in [0.1, 0.15) is 21.7 Å². The van der Waals surface area contributed by atoms with E-state index in [0.717, 1.165) is 6.07 Å². The molecule has 2 heterocycles. The van der Waals surface area contributed by atoms with E-state index in [4.69, 9.17) is 0 Å². The number of hydrogen-bond donors (Lipinski definition) is 0. The van der Waals surface area contributed by atoms with Crippen LogP contribution in [-0.2, 0) is 18.4 Å². The van der Waals surface area contributed by atoms with E-state index in [9.17, 15) is 14.0 Å². The maximum atomic E-state index is 13.4. The van der Waals surface area contributed by atoms with Gasteiger partial charge in [0.15, 0.2) is 5.82 Å². The lowest BCUT2D eigenvalue weighted by Crippen LogP contribution is -2.30. The van der Waals surface area contributed by atoms with Crippen LogP contribution in [0.15, 0.2) is 12.1 Å². The second-order valence-corrected chi connectivity index (χ2v) is 4.53. The molecular weight excluding hydrogens is 265 g/mol. The SMILES string of the molecule is Cc1cc(F)cc2c1N(Cc1nnn(C)n1)C(=O)C2=O. The van der Waals surface area contributed by atoms with Crippen molar-refractivity contribution in [3.8, 4) is 0 Å². The number of hydrogen-bond acceptors (Lipinski definition) is 5. The molecule has 20 heavy (non-hydrogen) atoms. The maximum Gasteiger partial charge on any atom is 0.299 e. The lowest BCUT2D eigenvalue weighted by atomic mass is 10.1. The first kappa shape index (κ1) is 12.4. The molecule has 0 radical (unpaired) electrons. The van der Waals surface area contributed by atoms with Gasteiger partial charge in [-0.15, -0.1) is 10.2 Å². The fourth-order valence-corrected chi connectivity index (χ4v) is 2.29. The van der Waals surface area contributed by atoms with Crippen LogP contribution in [0.5, 0.6) is 0 Å². The molecule has 0 saturated carbocycles. The number of amides is 1. The second-order valence-electron chi connectivity index (χ2n) is 4.53. The normalized spacial score (nSPS) is 14.1. The van der Waals surface area contributed by atoms with Gasteiger partial charge in [0.2, 0.25) is 0 Å². The summed E-state index contributed by atoms with van der Waals surface area (Å²) in [5.74, 6) is -1.65. The Balaban J connectivity index is 2.06. The van der Waals surface area contributed by atoms with Crippen LogP contribution in [0.3, 0.4) is 0 Å². The third kappa shape index (κ3) is 1.77. The minimum atomic E-state index is -0.716. The predicted octanol–water partition coefficient (Wildman–Crippen LogP) is 0.387. The van der Waals surface area contributed by atoms with Crippen LogP contribution in [0.4, 0.5) is 10.1 Å². The molecule has 1 amide bonds. The third-order valence-electron chi connectivity index (χ3n) is 3.07. The summed E-state index contributed by atoms with van der Waals surface area (Å²) in [5.41, 5.74) is 1.01. The minimum absolute atomic E-state index is 0.0257. The van der Waals surface area contributed by atoms with E-state index in [1.807, 2.05) is 0 Å². The molecule has 3 rings (SSSR count). The number of halogens is 1. The molecule has 0 N–H and O–H groups in total. The first-order valence-corrected chi connectivity index (χ1v) is 5.86. The average Bonchev–Trinajstić information content (AvgIpc) is 2.88. The minimum Gasteiger partial charge on any atom is -0.297 e. The van der Waals surface area contributed by atoms with E-state index in [1.54, 1.807) is 14.0 Å². The number of anilines is 1. The first-order valence-electron chi connectivity index (χ1n) is 5.86. The van der Waals surface area contributed by atoms with Crippen LogP contribution in [0.25, 0.3) is 0 Å². The van der Waals surface area contributed by atoms with Crippen LogP contribution in [0, 0.1) is 12.7 Å². The molecule has 0 atom stereocenters. The zero-order chi connectivity index (χ0) is 14.4. The monoisotopic (exact) mass is 275 g/mol. The van der Waals surface area contributed by atoms with E-state index < -0.39 is 17.5 Å². The summed E-state index contributed by atoms with van der Waals surface area (Å²) in [5, 5.41) is 11.4. The van der Waals surface area contributed by atoms with Crippen molar-refractivity contribution < 1.29 is 14.0 Å². The van der Waals surface area contributed by atoms with Gasteiger partial charge in [-0.1, -0.05) is 0 Å². The Bertz CT molecular complexity index is 739. The maximum absolute atomic E-state index is 13.4. The Labute approximate surface area is 113 Å². The summed E-state index contributed by atoms with van der Waals surface area (Å²) >= 11 is 0. The second kappa shape index (κ2) is 4.19. The zero-order valence-corrected chi connectivity index (χ0v) is 10.8. The Hall–Kier alpha value is -2.64. The van der Waals surface area contributed by atoms with Crippen molar-refractivity contribution in [2.75, 3.05) is 4.90 Å². The number of fused-ring (bicyclic) bond motifs is 1. The van der Waals surface area contributed by atoms with Crippen molar-refractivity contribution in [1.29, 1.82) is 0 Å². The number of ketones is 1. The van der Waals surface area contributed by atoms with Crippen LogP contribution >= 0.6 is 0 Å². The highest BCUT2D eigenvalue weighted by Crippen LogP contribution is 2.33. The van der Waals surface area contributed by atoms with Crippen molar-refractivity contribution in [3.05, 3.63) is 34.9 Å². The van der Waals surface area contributed by atoms with E-state index >= 15 is 0 Å². The molecule has 0 saturated heterocycles. The lowest BCUT2D eigenvalue weighted by molar-refractivity contribution is -0.114. The smallest absolute Gasteiger partial charge is 0.297 e. The number of aromatic nitrogens is 4. The topological polar surface area (TPSA) is 81.0 Å². The number of benzene rings is 1. The molecular formula is C12H10FN5O2. The van der Waals surface area contributed by atoms with E-state index in [2.05, 4.69) is 15.4 Å². The van der Waals surface area contributed by atoms with Gasteiger partial charge in [0.1, 0.15) is 5.82 Å². The lowest BCUT2D eigenvalue weighted by Gasteiger charge is -2.16. The molecule has 0 bridgehead atoms. The van der Waals surface area contributed by atoms with Gasteiger partial charge in [-0.25, -0.2) is 4.39 Å². The number of carbonyl (C=O) groups excluding carboxylic acids is 2. The Kier molecular flexibility index (Phi) is 2.60. The van der Waals surface area contributed by atoms with Gasteiger partial charge in [-0.05, 0) is 29.8 Å². The molecule has 0 spiro atoms. The third-order valence-corrected chi connectivity index (χ3v) is 3.07. The molecule has 102 valence electrons. The quantitative estimate of drug-likeness (QED) is 0.740. The van der Waals surface area contributed by atoms with Crippen molar-refractivity contribution in [3.63, 3.8) is 0 Å². The number of carbonyl (C=O) groups is 2. The summed E-state index contributed by atoms with van der Waals surface area (Å²) in [7, 11) is 1.60. The van der Waals surface area contributed by atoms with Gasteiger partial charge >= 0.3 is 0 Å². The van der Waals surface area contributed by atoms with Gasteiger partial charge in [0.05, 0.1) is 24.8 Å². The molecule has 8 heteroatoms. The summed E-state index contributed by atoms with van der Waals surface area (Å²) in [6, 6.07) is 2.36. The largest absolute Gasteiger partial charge is 0.299 e. The number of nitrogens with zero attached hydrogens (tertiary/aromatic N) is 5. The van der Waals surface area contributed by atoms with E-state index in [0.29, 0.717) is 17.1 Å². The van der Waals surface area contributed by atoms with Crippen molar-refractivity contribution >= 4 is 17.4 Å². The number of rotatable bonds is 2. The fraction of sp³-hybridized carbons (Fsp3) is 0.250. The van der Waals surface area contributed by atoms with Crippen LogP contribution in [0.2, 0.25) is 0 Å². The molecule has 0 aliphatic carbocycles. The fourth-order valence-electron chi connectivity index (χ4n) is 2.29. The van der Waals surface area contributed by atoms with E-state index in [-0.39, 0.29) is 12.1 Å².